The quantitative estimate of drug-likeness (QED) is 0.275. The predicted molar refractivity (Wildman–Crippen MR) is 149 cm³/mol. The highest BCUT2D eigenvalue weighted by Gasteiger charge is 2.35. The number of carbonyl (C=O) groups is 1. The number of benzene rings is 3. The van der Waals surface area contributed by atoms with Gasteiger partial charge in [-0.2, -0.15) is 17.9 Å². The SMILES string of the molecule is Cc1c(C2=NN(Cc3ccccc3Cl)S(=O)(=O)c3ccccc32)c2cc(F)ccc2n1CC(=O)OC(C)(C)C. The van der Waals surface area contributed by atoms with E-state index < -0.39 is 27.4 Å². The highest BCUT2D eigenvalue weighted by Crippen LogP contribution is 2.36. The number of hydrogen-bond donors (Lipinski definition) is 0. The predicted octanol–water partition coefficient (Wildman–Crippen LogP) is 6.04. The Morgan fingerprint density at radius 1 is 1.05 bits per heavy atom. The van der Waals surface area contributed by atoms with Crippen LogP contribution in [0.4, 0.5) is 4.39 Å². The fourth-order valence-electron chi connectivity index (χ4n) is 4.76. The van der Waals surface area contributed by atoms with Gasteiger partial charge in [0.2, 0.25) is 0 Å². The van der Waals surface area contributed by atoms with Crippen molar-refractivity contribution in [2.75, 3.05) is 0 Å². The van der Waals surface area contributed by atoms with Crippen LogP contribution in [0.3, 0.4) is 0 Å². The van der Waals surface area contributed by atoms with Gasteiger partial charge in [-0.25, -0.2) is 4.39 Å². The van der Waals surface area contributed by atoms with Crippen LogP contribution < -0.4 is 0 Å². The van der Waals surface area contributed by atoms with E-state index in [1.165, 1.54) is 18.2 Å². The van der Waals surface area contributed by atoms with E-state index in [0.29, 0.717) is 44.0 Å². The molecule has 0 aliphatic carbocycles. The van der Waals surface area contributed by atoms with Crippen LogP contribution in [0.15, 0.2) is 76.7 Å². The van der Waals surface area contributed by atoms with E-state index in [2.05, 4.69) is 5.10 Å². The van der Waals surface area contributed by atoms with Crippen molar-refractivity contribution in [2.45, 2.75) is 51.3 Å². The summed E-state index contributed by atoms with van der Waals surface area (Å²) in [5.41, 5.74) is 2.39. The minimum atomic E-state index is -4.01. The Hall–Kier alpha value is -3.69. The molecule has 0 saturated heterocycles. The van der Waals surface area contributed by atoms with Crippen LogP contribution in [-0.2, 0) is 32.6 Å². The first-order chi connectivity index (χ1) is 18.4. The second-order valence-corrected chi connectivity index (χ2v) is 12.5. The molecule has 3 aromatic carbocycles. The van der Waals surface area contributed by atoms with Crippen LogP contribution in [-0.4, -0.2) is 34.7 Å². The molecule has 7 nitrogen and oxygen atoms in total. The van der Waals surface area contributed by atoms with Crippen LogP contribution in [0.2, 0.25) is 5.02 Å². The second kappa shape index (κ2) is 9.81. The highest BCUT2D eigenvalue weighted by atomic mass is 35.5. The molecule has 2 heterocycles. The molecule has 0 N–H and O–H groups in total. The molecule has 0 amide bonds. The van der Waals surface area contributed by atoms with Crippen LogP contribution in [0, 0.1) is 12.7 Å². The summed E-state index contributed by atoms with van der Waals surface area (Å²) in [4.78, 5) is 12.9. The van der Waals surface area contributed by atoms with Gasteiger partial charge in [-0.05, 0) is 63.6 Å². The number of rotatable bonds is 5. The molecule has 202 valence electrons. The van der Waals surface area contributed by atoms with Gasteiger partial charge in [0.05, 0.1) is 11.4 Å². The lowest BCUT2D eigenvalue weighted by molar-refractivity contribution is -0.155. The van der Waals surface area contributed by atoms with E-state index in [0.717, 1.165) is 4.41 Å². The number of nitrogens with zero attached hydrogens (tertiary/aromatic N) is 3. The van der Waals surface area contributed by atoms with Gasteiger partial charge in [-0.1, -0.05) is 48.0 Å². The summed E-state index contributed by atoms with van der Waals surface area (Å²) in [5.74, 6) is -0.921. The molecule has 0 unspecified atom stereocenters. The van der Waals surface area contributed by atoms with E-state index in [4.69, 9.17) is 16.3 Å². The van der Waals surface area contributed by atoms with Gasteiger partial charge in [-0.15, -0.1) is 0 Å². The summed E-state index contributed by atoms with van der Waals surface area (Å²) in [6, 6.07) is 17.8. The summed E-state index contributed by atoms with van der Waals surface area (Å²) in [5, 5.41) is 5.54. The number of carbonyl (C=O) groups excluding carboxylic acids is 1. The first-order valence-electron chi connectivity index (χ1n) is 12.3. The molecule has 0 saturated carbocycles. The normalized spacial score (nSPS) is 14.7. The number of halogens is 2. The average Bonchev–Trinajstić information content (AvgIpc) is 3.11. The Balaban J connectivity index is 1.73. The number of esters is 1. The average molecular weight is 568 g/mol. The van der Waals surface area contributed by atoms with Crippen molar-refractivity contribution < 1.29 is 22.3 Å². The molecular formula is C29H27ClFN3O4S. The fraction of sp³-hybridized carbons (Fsp3) is 0.241. The van der Waals surface area contributed by atoms with Crippen LogP contribution in [0.25, 0.3) is 10.9 Å². The molecular weight excluding hydrogens is 541 g/mol. The maximum Gasteiger partial charge on any atom is 0.326 e. The van der Waals surface area contributed by atoms with Gasteiger partial charge in [0.15, 0.2) is 0 Å². The zero-order valence-corrected chi connectivity index (χ0v) is 23.5. The number of aromatic nitrogens is 1. The van der Waals surface area contributed by atoms with Crippen LogP contribution in [0.5, 0.6) is 0 Å². The standard InChI is InChI=1S/C29H27ClFN3O4S/c1-18-27(22-15-20(31)13-14-24(22)33(18)17-26(35)38-29(2,3)4)28-21-10-6-8-12-25(21)39(36,37)34(32-28)16-19-9-5-7-11-23(19)30/h5-15H,16-17H2,1-4H3. The Morgan fingerprint density at radius 3 is 2.46 bits per heavy atom. The van der Waals surface area contributed by atoms with Gasteiger partial charge in [0.1, 0.15) is 23.7 Å². The van der Waals surface area contributed by atoms with Crippen molar-refractivity contribution in [3.63, 3.8) is 0 Å². The molecule has 0 atom stereocenters. The molecule has 10 heteroatoms. The number of sulfonamides is 1. The van der Waals surface area contributed by atoms with Crippen LogP contribution in [0.1, 0.15) is 43.2 Å². The monoisotopic (exact) mass is 567 g/mol. The van der Waals surface area contributed by atoms with E-state index in [9.17, 15) is 17.6 Å². The third-order valence-electron chi connectivity index (χ3n) is 6.40. The Labute approximate surface area is 231 Å². The molecule has 0 spiro atoms. The second-order valence-electron chi connectivity index (χ2n) is 10.3. The Bertz CT molecular complexity index is 1760. The van der Waals surface area contributed by atoms with Gasteiger partial charge < -0.3 is 9.30 Å². The Kier molecular flexibility index (Phi) is 6.76. The number of ether oxygens (including phenoxy) is 1. The van der Waals surface area contributed by atoms with E-state index in [1.807, 2.05) is 0 Å². The minimum absolute atomic E-state index is 0.0749. The van der Waals surface area contributed by atoms with Crippen LogP contribution >= 0.6 is 11.6 Å². The first kappa shape index (κ1) is 26.9. The van der Waals surface area contributed by atoms with Crippen molar-refractivity contribution in [3.05, 3.63) is 100.0 Å². The molecule has 0 bridgehead atoms. The van der Waals surface area contributed by atoms with E-state index in [-0.39, 0.29) is 18.0 Å². The summed E-state index contributed by atoms with van der Waals surface area (Å²) in [6.45, 7) is 6.95. The summed E-state index contributed by atoms with van der Waals surface area (Å²) in [6.07, 6.45) is 0. The van der Waals surface area contributed by atoms with Crippen molar-refractivity contribution >= 4 is 44.2 Å². The van der Waals surface area contributed by atoms with E-state index >= 15 is 0 Å². The highest BCUT2D eigenvalue weighted by molar-refractivity contribution is 7.89. The maximum atomic E-state index is 14.6. The number of fused-ring (bicyclic) bond motifs is 2. The molecule has 4 aromatic rings. The van der Waals surface area contributed by atoms with Gasteiger partial charge in [0.25, 0.3) is 10.0 Å². The molecule has 5 rings (SSSR count). The topological polar surface area (TPSA) is 81.0 Å². The van der Waals surface area contributed by atoms with Gasteiger partial charge in [-0.3, -0.25) is 4.79 Å². The number of hydrazone groups is 1. The minimum Gasteiger partial charge on any atom is -0.459 e. The van der Waals surface area contributed by atoms with Crippen molar-refractivity contribution in [1.82, 2.24) is 8.98 Å². The lowest BCUT2D eigenvalue weighted by atomic mass is 9.99. The van der Waals surface area contributed by atoms with E-state index in [1.54, 1.807) is 80.8 Å². The molecule has 1 aromatic heterocycles. The molecule has 1 aliphatic rings. The third-order valence-corrected chi connectivity index (χ3v) is 8.45. The number of hydrogen-bond acceptors (Lipinski definition) is 5. The van der Waals surface area contributed by atoms with Gasteiger partial charge in [0, 0.05) is 32.7 Å². The first-order valence-corrected chi connectivity index (χ1v) is 14.1. The summed E-state index contributed by atoms with van der Waals surface area (Å²) >= 11 is 6.35. The largest absolute Gasteiger partial charge is 0.459 e. The maximum absolute atomic E-state index is 14.6. The lowest BCUT2D eigenvalue weighted by Gasteiger charge is -2.27. The zero-order valence-electron chi connectivity index (χ0n) is 21.9. The van der Waals surface area contributed by atoms with Crippen molar-refractivity contribution in [2.24, 2.45) is 5.10 Å². The summed E-state index contributed by atoms with van der Waals surface area (Å²) in [7, 11) is -4.01. The molecule has 1 aliphatic heterocycles. The van der Waals surface area contributed by atoms with Crippen molar-refractivity contribution in [1.29, 1.82) is 0 Å². The Morgan fingerprint density at radius 2 is 1.74 bits per heavy atom. The third kappa shape index (κ3) is 5.04. The molecule has 0 fully saturated rings. The zero-order chi connectivity index (χ0) is 28.1. The van der Waals surface area contributed by atoms with Gasteiger partial charge >= 0.3 is 5.97 Å². The molecule has 39 heavy (non-hydrogen) atoms. The van der Waals surface area contributed by atoms with Crippen molar-refractivity contribution in [3.8, 4) is 0 Å². The lowest BCUT2D eigenvalue weighted by Crippen LogP contribution is -2.33. The smallest absolute Gasteiger partial charge is 0.326 e. The molecule has 0 radical (unpaired) electrons. The fourth-order valence-corrected chi connectivity index (χ4v) is 6.37. The summed E-state index contributed by atoms with van der Waals surface area (Å²) < 4.78 is 50.1.